The summed E-state index contributed by atoms with van der Waals surface area (Å²) in [5, 5.41) is 14.8. The van der Waals surface area contributed by atoms with Crippen LogP contribution in [0.1, 0.15) is 24.1 Å². The Bertz CT molecular complexity index is 549. The number of amides is 1. The highest BCUT2D eigenvalue weighted by Crippen LogP contribution is 2.18. The van der Waals surface area contributed by atoms with Gasteiger partial charge in [0.2, 0.25) is 5.91 Å². The first kappa shape index (κ1) is 11.8. The van der Waals surface area contributed by atoms with Crippen LogP contribution in [-0.2, 0) is 24.3 Å². The van der Waals surface area contributed by atoms with Crippen molar-refractivity contribution in [3.8, 4) is 0 Å². The molecule has 19 heavy (non-hydrogen) atoms. The van der Waals surface area contributed by atoms with Gasteiger partial charge in [0.1, 0.15) is 12.6 Å². The maximum Gasteiger partial charge on any atom is 0.222 e. The van der Waals surface area contributed by atoms with E-state index < -0.39 is 0 Å². The zero-order valence-electron chi connectivity index (χ0n) is 10.4. The summed E-state index contributed by atoms with van der Waals surface area (Å²) in [7, 11) is 0. The van der Waals surface area contributed by atoms with Gasteiger partial charge in [-0.2, -0.15) is 0 Å². The number of hydrogen-bond donors (Lipinski definition) is 0. The zero-order valence-corrected chi connectivity index (χ0v) is 10.4. The molecule has 0 spiro atoms. The van der Waals surface area contributed by atoms with Crippen molar-refractivity contribution < 1.29 is 9.32 Å². The van der Waals surface area contributed by atoms with E-state index in [1.807, 2.05) is 4.90 Å². The lowest BCUT2D eigenvalue weighted by atomic mass is 10.1. The molecular weight excluding hydrogens is 248 g/mol. The zero-order chi connectivity index (χ0) is 13.1. The van der Waals surface area contributed by atoms with Crippen molar-refractivity contribution in [3.05, 3.63) is 23.8 Å². The molecule has 0 atom stereocenters. The molecule has 0 radical (unpaired) electrons. The van der Waals surface area contributed by atoms with Gasteiger partial charge in [-0.25, -0.2) is 4.68 Å². The molecule has 0 bridgehead atoms. The smallest absolute Gasteiger partial charge is 0.222 e. The van der Waals surface area contributed by atoms with Gasteiger partial charge in [-0.1, -0.05) is 5.16 Å². The van der Waals surface area contributed by atoms with Crippen molar-refractivity contribution >= 4 is 5.91 Å². The summed E-state index contributed by atoms with van der Waals surface area (Å²) in [5.74, 6) is 0.153. The van der Waals surface area contributed by atoms with E-state index in [9.17, 15) is 4.79 Å². The minimum Gasteiger partial charge on any atom is -0.364 e. The fourth-order valence-corrected chi connectivity index (χ4v) is 2.19. The van der Waals surface area contributed by atoms with E-state index >= 15 is 0 Å². The molecule has 100 valence electrons. The van der Waals surface area contributed by atoms with Crippen LogP contribution in [0, 0.1) is 0 Å². The summed E-state index contributed by atoms with van der Waals surface area (Å²) in [6.45, 7) is 1.97. The fourth-order valence-electron chi connectivity index (χ4n) is 2.19. The molecular formula is C11H14N6O2. The van der Waals surface area contributed by atoms with E-state index in [0.29, 0.717) is 26.1 Å². The van der Waals surface area contributed by atoms with Gasteiger partial charge in [0.25, 0.3) is 0 Å². The quantitative estimate of drug-likeness (QED) is 0.772. The lowest BCUT2D eigenvalue weighted by Crippen LogP contribution is -2.35. The van der Waals surface area contributed by atoms with Gasteiger partial charge in [0.05, 0.1) is 12.2 Å². The molecule has 8 heteroatoms. The molecule has 3 heterocycles. The van der Waals surface area contributed by atoms with Crippen molar-refractivity contribution in [2.75, 3.05) is 6.54 Å². The second-order valence-corrected chi connectivity index (χ2v) is 4.53. The Morgan fingerprint density at radius 1 is 1.47 bits per heavy atom. The van der Waals surface area contributed by atoms with Crippen LogP contribution in [0.25, 0.3) is 0 Å². The predicted octanol–water partition coefficient (Wildman–Crippen LogP) is 0.0262. The van der Waals surface area contributed by atoms with Crippen LogP contribution >= 0.6 is 0 Å². The van der Waals surface area contributed by atoms with Gasteiger partial charge in [0, 0.05) is 31.5 Å². The summed E-state index contributed by atoms with van der Waals surface area (Å²) in [6, 6.07) is 0. The highest BCUT2D eigenvalue weighted by molar-refractivity contribution is 5.76. The first-order valence-corrected chi connectivity index (χ1v) is 6.23. The monoisotopic (exact) mass is 262 g/mol. The first-order valence-electron chi connectivity index (χ1n) is 6.23. The van der Waals surface area contributed by atoms with Crippen LogP contribution < -0.4 is 0 Å². The molecule has 1 aliphatic rings. The molecule has 1 aliphatic heterocycles. The molecule has 2 aromatic rings. The third kappa shape index (κ3) is 2.61. The Balaban J connectivity index is 1.49. The molecule has 0 unspecified atom stereocenters. The number of aromatic nitrogens is 5. The van der Waals surface area contributed by atoms with Crippen LogP contribution in [-0.4, -0.2) is 42.7 Å². The van der Waals surface area contributed by atoms with Crippen LogP contribution in [0.3, 0.4) is 0 Å². The first-order chi connectivity index (χ1) is 9.33. The SMILES string of the molecule is O=C(CCCn1cnnn1)N1CCc2nocc2C1. The number of carbonyl (C=O) groups is 1. The number of nitrogens with zero attached hydrogens (tertiary/aromatic N) is 6. The maximum atomic E-state index is 12.1. The van der Waals surface area contributed by atoms with E-state index in [-0.39, 0.29) is 5.91 Å². The largest absolute Gasteiger partial charge is 0.364 e. The molecule has 3 rings (SSSR count). The number of tetrazole rings is 1. The summed E-state index contributed by atoms with van der Waals surface area (Å²) >= 11 is 0. The summed E-state index contributed by atoms with van der Waals surface area (Å²) in [6.07, 6.45) is 5.17. The van der Waals surface area contributed by atoms with Gasteiger partial charge in [0.15, 0.2) is 0 Å². The molecule has 2 aromatic heterocycles. The number of fused-ring (bicyclic) bond motifs is 1. The van der Waals surface area contributed by atoms with E-state index in [0.717, 1.165) is 24.1 Å². The van der Waals surface area contributed by atoms with Gasteiger partial charge in [-0.15, -0.1) is 5.10 Å². The highest BCUT2D eigenvalue weighted by Gasteiger charge is 2.22. The van der Waals surface area contributed by atoms with Crippen molar-refractivity contribution in [1.29, 1.82) is 0 Å². The normalized spacial score (nSPS) is 14.4. The van der Waals surface area contributed by atoms with Gasteiger partial charge < -0.3 is 9.42 Å². The molecule has 0 N–H and O–H groups in total. The predicted molar refractivity (Wildman–Crippen MR) is 62.7 cm³/mol. The summed E-state index contributed by atoms with van der Waals surface area (Å²) in [5.41, 5.74) is 1.98. The number of hydrogen-bond acceptors (Lipinski definition) is 6. The van der Waals surface area contributed by atoms with Crippen LogP contribution in [0.2, 0.25) is 0 Å². The number of rotatable bonds is 4. The summed E-state index contributed by atoms with van der Waals surface area (Å²) in [4.78, 5) is 13.9. The fraction of sp³-hybridized carbons (Fsp3) is 0.545. The minimum absolute atomic E-state index is 0.153. The molecule has 0 aliphatic carbocycles. The molecule has 1 amide bonds. The van der Waals surface area contributed by atoms with Gasteiger partial charge in [-0.3, -0.25) is 4.79 Å². The van der Waals surface area contributed by atoms with E-state index in [4.69, 9.17) is 4.52 Å². The standard InChI is InChI=1S/C11H14N6O2/c18-11(2-1-4-17-8-12-14-15-17)16-5-3-10-9(6-16)7-19-13-10/h7-8H,1-6H2. The third-order valence-electron chi connectivity index (χ3n) is 3.23. The van der Waals surface area contributed by atoms with Gasteiger partial charge >= 0.3 is 0 Å². The Hall–Kier alpha value is -2.25. The van der Waals surface area contributed by atoms with E-state index in [2.05, 4.69) is 20.7 Å². The lowest BCUT2D eigenvalue weighted by Gasteiger charge is -2.25. The second-order valence-electron chi connectivity index (χ2n) is 4.53. The minimum atomic E-state index is 0.153. The number of aryl methyl sites for hydroxylation is 1. The van der Waals surface area contributed by atoms with E-state index in [1.54, 1.807) is 17.3 Å². The van der Waals surface area contributed by atoms with Crippen molar-refractivity contribution in [2.24, 2.45) is 0 Å². The molecule has 0 aromatic carbocycles. The Labute approximate surface area is 109 Å². The van der Waals surface area contributed by atoms with Crippen molar-refractivity contribution in [3.63, 3.8) is 0 Å². The van der Waals surface area contributed by atoms with Crippen molar-refractivity contribution in [2.45, 2.75) is 32.4 Å². The Kier molecular flexibility index (Phi) is 3.21. The van der Waals surface area contributed by atoms with Gasteiger partial charge in [-0.05, 0) is 16.8 Å². The molecule has 8 nitrogen and oxygen atoms in total. The molecule has 0 fully saturated rings. The average Bonchev–Trinajstić information content (AvgIpc) is 3.08. The Morgan fingerprint density at radius 2 is 2.42 bits per heavy atom. The summed E-state index contributed by atoms with van der Waals surface area (Å²) < 4.78 is 6.54. The van der Waals surface area contributed by atoms with Crippen LogP contribution in [0.5, 0.6) is 0 Å². The number of carbonyl (C=O) groups excluding carboxylic acids is 1. The average molecular weight is 262 g/mol. The Morgan fingerprint density at radius 3 is 3.26 bits per heavy atom. The molecule has 0 saturated carbocycles. The van der Waals surface area contributed by atoms with E-state index in [1.165, 1.54) is 0 Å². The maximum absolute atomic E-state index is 12.1. The van der Waals surface area contributed by atoms with Crippen LogP contribution in [0.4, 0.5) is 0 Å². The lowest BCUT2D eigenvalue weighted by molar-refractivity contribution is -0.132. The highest BCUT2D eigenvalue weighted by atomic mass is 16.5. The van der Waals surface area contributed by atoms with Crippen molar-refractivity contribution in [1.82, 2.24) is 30.3 Å². The van der Waals surface area contributed by atoms with Crippen LogP contribution in [0.15, 0.2) is 17.1 Å². The second kappa shape index (κ2) is 5.17. The third-order valence-corrected chi connectivity index (χ3v) is 3.23. The molecule has 0 saturated heterocycles. The topological polar surface area (TPSA) is 89.9 Å².